The average Bonchev–Trinajstić information content (AvgIpc) is 2.64. The maximum atomic E-state index is 13.0. The van der Waals surface area contributed by atoms with Crippen LogP contribution >= 0.6 is 0 Å². The van der Waals surface area contributed by atoms with Crippen LogP contribution < -0.4 is 4.72 Å². The van der Waals surface area contributed by atoms with Gasteiger partial charge in [-0.15, -0.1) is 0 Å². The van der Waals surface area contributed by atoms with E-state index in [0.29, 0.717) is 42.0 Å². The van der Waals surface area contributed by atoms with Crippen molar-refractivity contribution in [2.24, 2.45) is 0 Å². The van der Waals surface area contributed by atoms with Gasteiger partial charge >= 0.3 is 0 Å². The van der Waals surface area contributed by atoms with Crippen LogP contribution in [0.15, 0.2) is 47.4 Å². The van der Waals surface area contributed by atoms with Crippen molar-refractivity contribution in [2.45, 2.75) is 37.6 Å². The minimum atomic E-state index is -3.60. The number of carbonyl (C=O) groups is 1. The van der Waals surface area contributed by atoms with Crippen LogP contribution in [0.1, 0.15) is 34.3 Å². The Balaban J connectivity index is 1.63. The third-order valence-corrected chi connectivity index (χ3v) is 6.49. The van der Waals surface area contributed by atoms with Gasteiger partial charge in [-0.1, -0.05) is 12.1 Å². The SMILES string of the molecule is Cc1ccc(C)c(S(=O)(=O)NC2CCN(C(=O)c3ccc(F)cc3)CC2)c1. The van der Waals surface area contributed by atoms with Crippen molar-refractivity contribution >= 4 is 15.9 Å². The number of sulfonamides is 1. The first-order chi connectivity index (χ1) is 12.8. The number of hydrogen-bond donors (Lipinski definition) is 1. The Morgan fingerprint density at radius 3 is 2.33 bits per heavy atom. The standard InChI is InChI=1S/C20H23FN2O3S/c1-14-3-4-15(2)19(13-14)27(25,26)22-18-9-11-23(12-10-18)20(24)16-5-7-17(21)8-6-16/h3-8,13,18,22H,9-12H2,1-2H3. The first-order valence-corrected chi connectivity index (χ1v) is 10.4. The maximum absolute atomic E-state index is 13.0. The van der Waals surface area contributed by atoms with Crippen LogP contribution in [-0.4, -0.2) is 38.4 Å². The van der Waals surface area contributed by atoms with E-state index < -0.39 is 10.0 Å². The molecule has 1 fully saturated rings. The van der Waals surface area contributed by atoms with Gasteiger partial charge in [0.2, 0.25) is 10.0 Å². The molecular weight excluding hydrogens is 367 g/mol. The van der Waals surface area contributed by atoms with Crippen molar-refractivity contribution in [1.29, 1.82) is 0 Å². The largest absolute Gasteiger partial charge is 0.339 e. The second-order valence-electron chi connectivity index (χ2n) is 6.96. The van der Waals surface area contributed by atoms with Gasteiger partial charge in [0.1, 0.15) is 5.82 Å². The predicted octanol–water partition coefficient (Wildman–Crippen LogP) is 3.03. The molecule has 0 aliphatic carbocycles. The summed E-state index contributed by atoms with van der Waals surface area (Å²) < 4.78 is 41.2. The molecule has 0 unspecified atom stereocenters. The normalized spacial score (nSPS) is 15.7. The number of carbonyl (C=O) groups excluding carboxylic acids is 1. The Morgan fingerprint density at radius 1 is 1.07 bits per heavy atom. The third-order valence-electron chi connectivity index (χ3n) is 4.83. The summed E-state index contributed by atoms with van der Waals surface area (Å²) in [7, 11) is -3.60. The summed E-state index contributed by atoms with van der Waals surface area (Å²) in [5, 5.41) is 0. The molecule has 5 nitrogen and oxygen atoms in total. The van der Waals surface area contributed by atoms with Crippen molar-refractivity contribution in [2.75, 3.05) is 13.1 Å². The number of amides is 1. The van der Waals surface area contributed by atoms with Crippen LogP contribution in [0.25, 0.3) is 0 Å². The summed E-state index contributed by atoms with van der Waals surface area (Å²) in [6.45, 7) is 4.54. The lowest BCUT2D eigenvalue weighted by molar-refractivity contribution is 0.0711. The highest BCUT2D eigenvalue weighted by molar-refractivity contribution is 7.89. The lowest BCUT2D eigenvalue weighted by atomic mass is 10.0. The van der Waals surface area contributed by atoms with Crippen LogP contribution in [0.4, 0.5) is 4.39 Å². The van der Waals surface area contributed by atoms with Gasteiger partial charge in [-0.25, -0.2) is 17.5 Å². The van der Waals surface area contributed by atoms with Gasteiger partial charge < -0.3 is 4.90 Å². The van der Waals surface area contributed by atoms with E-state index >= 15 is 0 Å². The molecule has 1 heterocycles. The molecule has 0 radical (unpaired) electrons. The van der Waals surface area contributed by atoms with Crippen molar-refractivity contribution in [3.05, 3.63) is 65.0 Å². The first kappa shape index (κ1) is 19.5. The molecule has 0 atom stereocenters. The van der Waals surface area contributed by atoms with E-state index in [1.54, 1.807) is 24.0 Å². The fourth-order valence-electron chi connectivity index (χ4n) is 3.26. The summed E-state index contributed by atoms with van der Waals surface area (Å²) >= 11 is 0. The number of nitrogens with one attached hydrogen (secondary N) is 1. The molecule has 7 heteroatoms. The second-order valence-corrected chi connectivity index (χ2v) is 8.65. The zero-order valence-electron chi connectivity index (χ0n) is 15.4. The second kappa shape index (κ2) is 7.78. The van der Waals surface area contributed by atoms with Gasteiger partial charge in [0.05, 0.1) is 4.90 Å². The molecule has 0 saturated carbocycles. The first-order valence-electron chi connectivity index (χ1n) is 8.91. The number of halogens is 1. The Labute approximate surface area is 159 Å². The number of likely N-dealkylation sites (tertiary alicyclic amines) is 1. The van der Waals surface area contributed by atoms with E-state index in [1.165, 1.54) is 24.3 Å². The molecule has 1 saturated heterocycles. The highest BCUT2D eigenvalue weighted by Gasteiger charge is 2.27. The maximum Gasteiger partial charge on any atom is 0.253 e. The van der Waals surface area contributed by atoms with E-state index in [0.717, 1.165) is 5.56 Å². The number of aryl methyl sites for hydroxylation is 2. The van der Waals surface area contributed by atoms with Gasteiger partial charge in [-0.3, -0.25) is 4.79 Å². The zero-order chi connectivity index (χ0) is 19.6. The monoisotopic (exact) mass is 390 g/mol. The molecule has 0 spiro atoms. The van der Waals surface area contributed by atoms with Crippen LogP contribution in [0.3, 0.4) is 0 Å². The summed E-state index contributed by atoms with van der Waals surface area (Å²) in [4.78, 5) is 14.4. The Hall–Kier alpha value is -2.25. The van der Waals surface area contributed by atoms with Crippen molar-refractivity contribution < 1.29 is 17.6 Å². The molecule has 0 aromatic heterocycles. The number of rotatable bonds is 4. The number of nitrogens with zero attached hydrogens (tertiary/aromatic N) is 1. The molecule has 2 aromatic rings. The van der Waals surface area contributed by atoms with Crippen molar-refractivity contribution in [3.8, 4) is 0 Å². The van der Waals surface area contributed by atoms with Crippen LogP contribution in [0.2, 0.25) is 0 Å². The quantitative estimate of drug-likeness (QED) is 0.873. The van der Waals surface area contributed by atoms with E-state index in [4.69, 9.17) is 0 Å². The molecule has 1 amide bonds. The molecule has 1 aliphatic rings. The number of hydrogen-bond acceptors (Lipinski definition) is 3. The minimum absolute atomic E-state index is 0.161. The predicted molar refractivity (Wildman–Crippen MR) is 102 cm³/mol. The Morgan fingerprint density at radius 2 is 1.70 bits per heavy atom. The van der Waals surface area contributed by atoms with E-state index in [2.05, 4.69) is 4.72 Å². The zero-order valence-corrected chi connectivity index (χ0v) is 16.2. The summed E-state index contributed by atoms with van der Waals surface area (Å²) in [5.41, 5.74) is 2.03. The van der Waals surface area contributed by atoms with Crippen molar-refractivity contribution in [1.82, 2.24) is 9.62 Å². The molecular formula is C20H23FN2O3S. The summed E-state index contributed by atoms with van der Waals surface area (Å²) in [6, 6.07) is 10.6. The van der Waals surface area contributed by atoms with E-state index in [1.807, 2.05) is 13.0 Å². The fourth-order valence-corrected chi connectivity index (χ4v) is 4.89. The Bertz CT molecular complexity index is 934. The molecule has 0 bridgehead atoms. The van der Waals surface area contributed by atoms with Crippen LogP contribution in [0.5, 0.6) is 0 Å². The number of benzene rings is 2. The number of piperidine rings is 1. The summed E-state index contributed by atoms with van der Waals surface area (Å²) in [6.07, 6.45) is 1.08. The highest BCUT2D eigenvalue weighted by atomic mass is 32.2. The summed E-state index contributed by atoms with van der Waals surface area (Å²) in [5.74, 6) is -0.544. The smallest absolute Gasteiger partial charge is 0.253 e. The highest BCUT2D eigenvalue weighted by Crippen LogP contribution is 2.20. The van der Waals surface area contributed by atoms with Gasteiger partial charge in [-0.2, -0.15) is 0 Å². The molecule has 27 heavy (non-hydrogen) atoms. The van der Waals surface area contributed by atoms with E-state index in [9.17, 15) is 17.6 Å². The Kier molecular flexibility index (Phi) is 5.62. The minimum Gasteiger partial charge on any atom is -0.339 e. The molecule has 2 aromatic carbocycles. The van der Waals surface area contributed by atoms with Gasteiger partial charge in [-0.05, 0) is 68.1 Å². The molecule has 3 rings (SSSR count). The van der Waals surface area contributed by atoms with E-state index in [-0.39, 0.29) is 17.8 Å². The van der Waals surface area contributed by atoms with Gasteiger partial charge in [0.15, 0.2) is 0 Å². The molecule has 144 valence electrons. The lowest BCUT2D eigenvalue weighted by Crippen LogP contribution is -2.46. The van der Waals surface area contributed by atoms with Crippen molar-refractivity contribution in [3.63, 3.8) is 0 Å². The van der Waals surface area contributed by atoms with Crippen LogP contribution in [0, 0.1) is 19.7 Å². The average molecular weight is 390 g/mol. The van der Waals surface area contributed by atoms with Gasteiger partial charge in [0.25, 0.3) is 5.91 Å². The lowest BCUT2D eigenvalue weighted by Gasteiger charge is -2.32. The molecule has 1 N–H and O–H groups in total. The fraction of sp³-hybridized carbons (Fsp3) is 0.350. The topological polar surface area (TPSA) is 66.5 Å². The third kappa shape index (κ3) is 4.54. The molecule has 1 aliphatic heterocycles. The van der Waals surface area contributed by atoms with Gasteiger partial charge in [0, 0.05) is 24.7 Å². The van der Waals surface area contributed by atoms with Crippen LogP contribution in [-0.2, 0) is 10.0 Å².